The molecule has 3 amide bonds. The first-order chi connectivity index (χ1) is 11.3. The number of piperazine rings is 1. The van der Waals surface area contributed by atoms with E-state index in [2.05, 4.69) is 26.1 Å². The Balaban J connectivity index is 1.94. The lowest BCUT2D eigenvalue weighted by atomic mass is 9.86. The first-order valence-corrected chi connectivity index (χ1v) is 8.18. The number of para-hydroxylation sites is 1. The molecule has 0 atom stereocenters. The van der Waals surface area contributed by atoms with Crippen molar-refractivity contribution >= 4 is 23.9 Å². The quantitative estimate of drug-likeness (QED) is 0.673. The van der Waals surface area contributed by atoms with Gasteiger partial charge in [0.1, 0.15) is 6.42 Å². The maximum atomic E-state index is 12.2. The van der Waals surface area contributed by atoms with Crippen molar-refractivity contribution in [2.24, 2.45) is 0 Å². The van der Waals surface area contributed by atoms with Crippen molar-refractivity contribution in [3.63, 3.8) is 0 Å². The van der Waals surface area contributed by atoms with E-state index >= 15 is 0 Å². The normalized spacial score (nSPS) is 15.1. The van der Waals surface area contributed by atoms with Gasteiger partial charge in [-0.3, -0.25) is 14.4 Å². The lowest BCUT2D eigenvalue weighted by Gasteiger charge is -2.32. The highest BCUT2D eigenvalue weighted by Gasteiger charge is 2.23. The van der Waals surface area contributed by atoms with Crippen molar-refractivity contribution in [2.75, 3.05) is 31.5 Å². The van der Waals surface area contributed by atoms with Crippen LogP contribution in [-0.4, -0.2) is 54.2 Å². The minimum absolute atomic E-state index is 0.0982. The number of carbonyl (C=O) groups is 3. The van der Waals surface area contributed by atoms with Crippen LogP contribution in [0.2, 0.25) is 0 Å². The van der Waals surface area contributed by atoms with Crippen LogP contribution in [0.25, 0.3) is 0 Å². The summed E-state index contributed by atoms with van der Waals surface area (Å²) in [6.45, 7) is 8.22. The van der Waals surface area contributed by atoms with Gasteiger partial charge in [-0.05, 0) is 17.0 Å². The Labute approximate surface area is 142 Å². The number of nitrogens with one attached hydrogen (secondary N) is 1. The van der Waals surface area contributed by atoms with Crippen LogP contribution < -0.4 is 5.32 Å². The summed E-state index contributed by atoms with van der Waals surface area (Å²) in [5.74, 6) is -0.513. The Morgan fingerprint density at radius 2 is 1.75 bits per heavy atom. The van der Waals surface area contributed by atoms with Crippen LogP contribution in [0.5, 0.6) is 0 Å². The second-order valence-corrected chi connectivity index (χ2v) is 7.04. The van der Waals surface area contributed by atoms with Gasteiger partial charge in [-0.2, -0.15) is 0 Å². The summed E-state index contributed by atoms with van der Waals surface area (Å²) in [6, 6.07) is 7.64. The lowest BCUT2D eigenvalue weighted by molar-refractivity contribution is -0.137. The average molecular weight is 331 g/mol. The highest BCUT2D eigenvalue weighted by atomic mass is 16.2. The zero-order chi connectivity index (χ0) is 17.7. The third-order valence-electron chi connectivity index (χ3n) is 4.14. The summed E-state index contributed by atoms with van der Waals surface area (Å²) in [6.07, 6.45) is 0.609. The molecule has 1 saturated heterocycles. The molecule has 0 aliphatic carbocycles. The van der Waals surface area contributed by atoms with Gasteiger partial charge in [0, 0.05) is 31.9 Å². The third-order valence-corrected chi connectivity index (χ3v) is 4.14. The second-order valence-electron chi connectivity index (χ2n) is 7.04. The van der Waals surface area contributed by atoms with Crippen molar-refractivity contribution in [1.29, 1.82) is 0 Å². The van der Waals surface area contributed by atoms with Crippen LogP contribution in [0.15, 0.2) is 24.3 Å². The molecule has 0 radical (unpaired) electrons. The van der Waals surface area contributed by atoms with Gasteiger partial charge < -0.3 is 15.1 Å². The molecule has 1 N–H and O–H groups in total. The van der Waals surface area contributed by atoms with E-state index in [1.165, 1.54) is 0 Å². The predicted molar refractivity (Wildman–Crippen MR) is 92.6 cm³/mol. The summed E-state index contributed by atoms with van der Waals surface area (Å²) >= 11 is 0. The molecular formula is C18H25N3O3. The number of amides is 3. The van der Waals surface area contributed by atoms with Crippen molar-refractivity contribution < 1.29 is 14.4 Å². The first-order valence-electron chi connectivity index (χ1n) is 8.18. The Bertz CT molecular complexity index is 614. The third kappa shape index (κ3) is 4.57. The van der Waals surface area contributed by atoms with Gasteiger partial charge >= 0.3 is 0 Å². The van der Waals surface area contributed by atoms with E-state index in [-0.39, 0.29) is 23.7 Å². The molecule has 0 bridgehead atoms. The Morgan fingerprint density at radius 3 is 2.33 bits per heavy atom. The smallest absolute Gasteiger partial charge is 0.233 e. The molecule has 2 rings (SSSR count). The van der Waals surface area contributed by atoms with Crippen LogP contribution in [0.1, 0.15) is 32.8 Å². The minimum atomic E-state index is -0.311. The maximum Gasteiger partial charge on any atom is 0.233 e. The fraction of sp³-hybridized carbons (Fsp3) is 0.500. The number of carbonyl (C=O) groups excluding carboxylic acids is 3. The molecule has 0 aromatic heterocycles. The highest BCUT2D eigenvalue weighted by Crippen LogP contribution is 2.29. The molecule has 0 saturated carbocycles. The fourth-order valence-electron chi connectivity index (χ4n) is 2.77. The molecule has 1 aromatic rings. The van der Waals surface area contributed by atoms with E-state index in [1.807, 2.05) is 24.3 Å². The predicted octanol–water partition coefficient (Wildman–Crippen LogP) is 1.61. The van der Waals surface area contributed by atoms with Crippen LogP contribution >= 0.6 is 0 Å². The molecule has 0 unspecified atom stereocenters. The Morgan fingerprint density at radius 1 is 1.12 bits per heavy atom. The molecular weight excluding hydrogens is 306 g/mol. The zero-order valence-electron chi connectivity index (χ0n) is 14.5. The molecule has 1 aromatic carbocycles. The largest absolute Gasteiger partial charge is 0.342 e. The number of hydrogen-bond donors (Lipinski definition) is 1. The number of anilines is 1. The SMILES string of the molecule is CC(C)(C)c1ccccc1NC(=O)CC(=O)N1CCN(C=O)CC1. The van der Waals surface area contributed by atoms with Gasteiger partial charge in [0.05, 0.1) is 0 Å². The van der Waals surface area contributed by atoms with Crippen molar-refractivity contribution in [3.8, 4) is 0 Å². The van der Waals surface area contributed by atoms with Crippen LogP contribution in [0.4, 0.5) is 5.69 Å². The highest BCUT2D eigenvalue weighted by molar-refractivity contribution is 6.04. The van der Waals surface area contributed by atoms with Gasteiger partial charge in [0.15, 0.2) is 0 Å². The molecule has 1 aliphatic heterocycles. The van der Waals surface area contributed by atoms with Crippen molar-refractivity contribution in [2.45, 2.75) is 32.6 Å². The van der Waals surface area contributed by atoms with E-state index in [1.54, 1.807) is 9.80 Å². The Kier molecular flexibility index (Phi) is 5.59. The van der Waals surface area contributed by atoms with Crippen LogP contribution in [0.3, 0.4) is 0 Å². The first kappa shape index (κ1) is 18.0. The topological polar surface area (TPSA) is 69.7 Å². The second kappa shape index (κ2) is 7.47. The zero-order valence-corrected chi connectivity index (χ0v) is 14.5. The molecule has 130 valence electrons. The number of rotatable bonds is 4. The van der Waals surface area contributed by atoms with Crippen LogP contribution in [0, 0.1) is 0 Å². The van der Waals surface area contributed by atoms with Gasteiger partial charge in [-0.1, -0.05) is 39.0 Å². The van der Waals surface area contributed by atoms with E-state index in [4.69, 9.17) is 0 Å². The lowest BCUT2D eigenvalue weighted by Crippen LogP contribution is -2.48. The molecule has 1 aliphatic rings. The number of benzene rings is 1. The van der Waals surface area contributed by atoms with Gasteiger partial charge in [0.2, 0.25) is 18.2 Å². The fourth-order valence-corrected chi connectivity index (χ4v) is 2.77. The molecule has 0 spiro atoms. The van der Waals surface area contributed by atoms with Gasteiger partial charge in [-0.25, -0.2) is 0 Å². The molecule has 1 heterocycles. The molecule has 6 heteroatoms. The number of hydrogen-bond acceptors (Lipinski definition) is 3. The minimum Gasteiger partial charge on any atom is -0.342 e. The summed E-state index contributed by atoms with van der Waals surface area (Å²) in [5, 5.41) is 2.85. The number of nitrogens with zero attached hydrogens (tertiary/aromatic N) is 2. The van der Waals surface area contributed by atoms with E-state index in [0.29, 0.717) is 26.2 Å². The summed E-state index contributed by atoms with van der Waals surface area (Å²) in [7, 11) is 0. The molecule has 1 fully saturated rings. The maximum absolute atomic E-state index is 12.2. The van der Waals surface area contributed by atoms with Gasteiger partial charge in [0.25, 0.3) is 0 Å². The van der Waals surface area contributed by atoms with Crippen molar-refractivity contribution in [1.82, 2.24) is 9.80 Å². The van der Waals surface area contributed by atoms with Crippen LogP contribution in [-0.2, 0) is 19.8 Å². The summed E-state index contributed by atoms with van der Waals surface area (Å²) < 4.78 is 0. The van der Waals surface area contributed by atoms with E-state index in [9.17, 15) is 14.4 Å². The molecule has 6 nitrogen and oxygen atoms in total. The standard InChI is InChI=1S/C18H25N3O3/c1-18(2,3)14-6-4-5-7-15(14)19-16(23)12-17(24)21-10-8-20(13-22)9-11-21/h4-7,13H,8-12H2,1-3H3,(H,19,23). The van der Waals surface area contributed by atoms with E-state index in [0.717, 1.165) is 17.7 Å². The van der Waals surface area contributed by atoms with Gasteiger partial charge in [-0.15, -0.1) is 0 Å². The van der Waals surface area contributed by atoms with E-state index < -0.39 is 0 Å². The molecule has 24 heavy (non-hydrogen) atoms. The van der Waals surface area contributed by atoms with Crippen molar-refractivity contribution in [3.05, 3.63) is 29.8 Å². The average Bonchev–Trinajstić information content (AvgIpc) is 2.54. The Hall–Kier alpha value is -2.37. The summed E-state index contributed by atoms with van der Waals surface area (Å²) in [5.41, 5.74) is 1.68. The summed E-state index contributed by atoms with van der Waals surface area (Å²) in [4.78, 5) is 38.4. The monoisotopic (exact) mass is 331 g/mol.